The summed E-state index contributed by atoms with van der Waals surface area (Å²) in [6, 6.07) is 0. The third-order valence-electron chi connectivity index (χ3n) is 1.99. The minimum atomic E-state index is -6.10. The van der Waals surface area contributed by atoms with Crippen molar-refractivity contribution in [3.63, 3.8) is 0 Å². The molecule has 0 aromatic carbocycles. The van der Waals surface area contributed by atoms with Gasteiger partial charge in [-0.15, -0.1) is 0 Å². The van der Waals surface area contributed by atoms with Gasteiger partial charge < -0.3 is 0 Å². The van der Waals surface area contributed by atoms with Gasteiger partial charge in [0, 0.05) is 0 Å². The van der Waals surface area contributed by atoms with E-state index in [-0.39, 0.29) is 6.92 Å². The molecule has 16 heteroatoms. The van der Waals surface area contributed by atoms with E-state index in [1.807, 2.05) is 0 Å². The number of hydrogen-bond donors (Lipinski definition) is 4. The van der Waals surface area contributed by atoms with Crippen LogP contribution < -0.4 is 0 Å². The lowest BCUT2D eigenvalue weighted by atomic mass is 10.5. The largest absolute Gasteiger partial charge is 0.290 e. The Bertz CT molecular complexity index is 698. The molecule has 0 rings (SSSR count). The molecule has 0 atom stereocenters. The number of hydrogen-bond acceptors (Lipinski definition) is 8. The molecular formula is C3H8O12S4. The first-order valence-electron chi connectivity index (χ1n) is 3.73. The van der Waals surface area contributed by atoms with Crippen molar-refractivity contribution in [2.75, 3.05) is 0 Å². The topological polar surface area (TPSA) is 217 Å². The highest BCUT2D eigenvalue weighted by molar-refractivity contribution is 8.11. The minimum Gasteiger partial charge on any atom is -0.284 e. The van der Waals surface area contributed by atoms with E-state index in [2.05, 4.69) is 0 Å². The molecule has 0 saturated carbocycles. The van der Waals surface area contributed by atoms with Crippen LogP contribution >= 0.6 is 0 Å². The number of rotatable bonds is 5. The molecule has 0 saturated heterocycles. The predicted molar refractivity (Wildman–Crippen MR) is 58.4 cm³/mol. The molecule has 0 fully saturated rings. The zero-order valence-corrected chi connectivity index (χ0v) is 12.0. The van der Waals surface area contributed by atoms with Gasteiger partial charge in [-0.3, -0.25) is 18.2 Å². The molecule has 0 unspecified atom stereocenters. The summed E-state index contributed by atoms with van der Waals surface area (Å²) < 4.78 is 113. The highest BCUT2D eigenvalue weighted by atomic mass is 32.3. The van der Waals surface area contributed by atoms with Crippen molar-refractivity contribution in [2.45, 2.75) is 15.6 Å². The average Bonchev–Trinajstić information content (AvgIpc) is 1.92. The maximum atomic E-state index is 10.9. The quantitative estimate of drug-likeness (QED) is 0.374. The highest BCUT2D eigenvalue weighted by Crippen LogP contribution is 2.33. The van der Waals surface area contributed by atoms with E-state index in [1.165, 1.54) is 0 Å². The summed E-state index contributed by atoms with van der Waals surface area (Å²) in [5.41, 5.74) is 0. The SMILES string of the molecule is CC(C(S(=O)(=O)O)S(=O)(=O)O)(S(=O)(=O)O)S(=O)(=O)O. The summed E-state index contributed by atoms with van der Waals surface area (Å²) in [6.45, 7) is -0.232. The molecule has 0 aromatic rings. The second kappa shape index (κ2) is 4.58. The maximum absolute atomic E-state index is 10.9. The van der Waals surface area contributed by atoms with Gasteiger partial charge in [0.15, 0.2) is 0 Å². The van der Waals surface area contributed by atoms with Gasteiger partial charge >= 0.3 is 0 Å². The Hall–Kier alpha value is -0.360. The second-order valence-corrected chi connectivity index (χ2v) is 10.5. The van der Waals surface area contributed by atoms with Gasteiger partial charge in [0.2, 0.25) is 0 Å². The smallest absolute Gasteiger partial charge is 0.284 e. The van der Waals surface area contributed by atoms with E-state index in [0.29, 0.717) is 0 Å². The molecule has 12 nitrogen and oxygen atoms in total. The molecule has 0 aliphatic heterocycles. The van der Waals surface area contributed by atoms with Crippen LogP contribution in [0.4, 0.5) is 0 Å². The maximum Gasteiger partial charge on any atom is 0.290 e. The fourth-order valence-corrected chi connectivity index (χ4v) is 7.85. The van der Waals surface area contributed by atoms with Crippen LogP contribution in [-0.4, -0.2) is 60.5 Å². The third-order valence-corrected chi connectivity index (χ3v) is 9.86. The molecule has 0 aromatic heterocycles. The monoisotopic (exact) mass is 364 g/mol. The van der Waals surface area contributed by atoms with Gasteiger partial charge in [-0.1, -0.05) is 0 Å². The van der Waals surface area contributed by atoms with Crippen molar-refractivity contribution in [2.24, 2.45) is 0 Å². The van der Waals surface area contributed by atoms with E-state index < -0.39 is 49.1 Å². The van der Waals surface area contributed by atoms with Crippen LogP contribution in [0.1, 0.15) is 6.92 Å². The van der Waals surface area contributed by atoms with Crippen LogP contribution in [0.5, 0.6) is 0 Å². The van der Waals surface area contributed by atoms with E-state index in [4.69, 9.17) is 18.2 Å². The average molecular weight is 364 g/mol. The van der Waals surface area contributed by atoms with Gasteiger partial charge in [-0.25, -0.2) is 0 Å². The Morgan fingerprint density at radius 3 is 0.947 bits per heavy atom. The van der Waals surface area contributed by atoms with Gasteiger partial charge in [-0.2, -0.15) is 33.7 Å². The van der Waals surface area contributed by atoms with Crippen LogP contribution in [0.2, 0.25) is 0 Å². The molecule has 0 aliphatic carbocycles. The Morgan fingerprint density at radius 1 is 0.684 bits per heavy atom. The first-order valence-corrected chi connectivity index (χ1v) is 9.62. The van der Waals surface area contributed by atoms with Gasteiger partial charge in [0.05, 0.1) is 0 Å². The molecule has 0 bridgehead atoms. The van der Waals surface area contributed by atoms with Crippen molar-refractivity contribution in [1.29, 1.82) is 0 Å². The van der Waals surface area contributed by atoms with Crippen LogP contribution in [0.3, 0.4) is 0 Å². The summed E-state index contributed by atoms with van der Waals surface area (Å²) in [4.78, 5) is 0. The molecule has 0 spiro atoms. The van der Waals surface area contributed by atoms with Crippen LogP contribution in [0, 0.1) is 0 Å². The van der Waals surface area contributed by atoms with E-state index >= 15 is 0 Å². The van der Waals surface area contributed by atoms with E-state index in [0.717, 1.165) is 0 Å². The zero-order chi connectivity index (χ0) is 16.1. The lowest BCUT2D eigenvalue weighted by Gasteiger charge is -2.27. The van der Waals surface area contributed by atoms with Crippen LogP contribution in [-0.2, 0) is 40.5 Å². The van der Waals surface area contributed by atoms with Gasteiger partial charge in [0.1, 0.15) is 0 Å². The van der Waals surface area contributed by atoms with Crippen molar-refractivity contribution in [1.82, 2.24) is 0 Å². The second-order valence-electron chi connectivity index (χ2n) is 3.33. The molecule has 0 radical (unpaired) electrons. The Morgan fingerprint density at radius 2 is 0.895 bits per heavy atom. The van der Waals surface area contributed by atoms with Crippen molar-refractivity contribution in [3.8, 4) is 0 Å². The molecule has 0 aliphatic rings. The van der Waals surface area contributed by atoms with E-state index in [9.17, 15) is 33.7 Å². The fraction of sp³-hybridized carbons (Fsp3) is 1.00. The highest BCUT2D eigenvalue weighted by Gasteiger charge is 2.66. The Labute approximate surface area is 108 Å². The first-order chi connectivity index (χ1) is 7.87. The summed E-state index contributed by atoms with van der Waals surface area (Å²) in [6.07, 6.45) is 0. The lowest BCUT2D eigenvalue weighted by molar-refractivity contribution is 0.405. The third kappa shape index (κ3) is 3.40. The Balaban J connectivity index is 7.03. The van der Waals surface area contributed by atoms with Gasteiger partial charge in [0.25, 0.3) is 49.1 Å². The lowest BCUT2D eigenvalue weighted by Crippen LogP contribution is -2.58. The molecule has 0 heterocycles. The summed E-state index contributed by atoms with van der Waals surface area (Å²) in [5, 5.41) is 0. The molecule has 116 valence electrons. The Kier molecular flexibility index (Phi) is 4.50. The summed E-state index contributed by atoms with van der Waals surface area (Å²) in [5.74, 6) is 0. The molecule has 4 N–H and O–H groups in total. The zero-order valence-electron chi connectivity index (χ0n) is 8.77. The first kappa shape index (κ1) is 18.6. The van der Waals surface area contributed by atoms with Crippen LogP contribution in [0.25, 0.3) is 0 Å². The summed E-state index contributed by atoms with van der Waals surface area (Å²) >= 11 is 0. The fourth-order valence-electron chi connectivity index (χ4n) is 1.07. The molecule has 0 amide bonds. The van der Waals surface area contributed by atoms with E-state index in [1.54, 1.807) is 0 Å². The predicted octanol–water partition coefficient (Wildman–Crippen LogP) is -2.42. The molecule has 19 heavy (non-hydrogen) atoms. The van der Waals surface area contributed by atoms with Crippen LogP contribution in [0.15, 0.2) is 0 Å². The summed E-state index contributed by atoms with van der Waals surface area (Å²) in [7, 11) is -24.3. The normalized spacial score (nSPS) is 15.7. The molecular weight excluding hydrogens is 356 g/mol. The minimum absolute atomic E-state index is 0.232. The van der Waals surface area contributed by atoms with Gasteiger partial charge in [-0.05, 0) is 6.92 Å². The van der Waals surface area contributed by atoms with Crippen molar-refractivity contribution < 1.29 is 51.9 Å². The van der Waals surface area contributed by atoms with Crippen molar-refractivity contribution in [3.05, 3.63) is 0 Å². The van der Waals surface area contributed by atoms with Crippen molar-refractivity contribution >= 4 is 40.5 Å². The standard InChI is InChI=1S/C3H8O12S4/c1-3(18(10,11)12,19(13,14)15)2(16(4,5)6)17(7,8)9/h2H,1H3,(H,4,5,6)(H,7,8,9)(H,10,11,12)(H,13,14,15).